The molecule has 0 bridgehead atoms. The SMILES string of the molecule is C=CCN(CC=C)C(C(N)=S)c1ccc(C(C)C)cc1. The lowest BCUT2D eigenvalue weighted by molar-refractivity contribution is 0.301. The van der Waals surface area contributed by atoms with Gasteiger partial charge in [0.05, 0.1) is 11.0 Å². The summed E-state index contributed by atoms with van der Waals surface area (Å²) in [6.45, 7) is 13.4. The highest BCUT2D eigenvalue weighted by atomic mass is 32.1. The van der Waals surface area contributed by atoms with Gasteiger partial charge in [0.1, 0.15) is 0 Å². The average Bonchev–Trinajstić information content (AvgIpc) is 2.39. The Morgan fingerprint density at radius 3 is 1.95 bits per heavy atom. The molecule has 0 spiro atoms. The third kappa shape index (κ3) is 4.29. The average molecular weight is 288 g/mol. The third-order valence-corrected chi connectivity index (χ3v) is 3.50. The van der Waals surface area contributed by atoms with Crippen LogP contribution in [-0.4, -0.2) is 23.0 Å². The molecule has 2 nitrogen and oxygen atoms in total. The predicted molar refractivity (Wildman–Crippen MR) is 92.0 cm³/mol. The molecule has 0 amide bonds. The summed E-state index contributed by atoms with van der Waals surface area (Å²) in [5, 5.41) is 0. The van der Waals surface area contributed by atoms with Crippen molar-refractivity contribution >= 4 is 17.2 Å². The zero-order valence-electron chi connectivity index (χ0n) is 12.4. The molecule has 20 heavy (non-hydrogen) atoms. The maximum Gasteiger partial charge on any atom is 0.0948 e. The van der Waals surface area contributed by atoms with Gasteiger partial charge in [0.25, 0.3) is 0 Å². The number of thiocarbonyl (C=S) groups is 1. The van der Waals surface area contributed by atoms with Crippen LogP contribution in [0.3, 0.4) is 0 Å². The van der Waals surface area contributed by atoms with E-state index in [-0.39, 0.29) is 6.04 Å². The lowest BCUT2D eigenvalue weighted by Gasteiger charge is -2.29. The summed E-state index contributed by atoms with van der Waals surface area (Å²) < 4.78 is 0. The van der Waals surface area contributed by atoms with Gasteiger partial charge in [0, 0.05) is 13.1 Å². The highest BCUT2D eigenvalue weighted by Crippen LogP contribution is 2.24. The summed E-state index contributed by atoms with van der Waals surface area (Å²) in [6, 6.07) is 8.43. The van der Waals surface area contributed by atoms with E-state index in [2.05, 4.69) is 56.2 Å². The lowest BCUT2D eigenvalue weighted by atomic mass is 9.98. The van der Waals surface area contributed by atoms with Crippen molar-refractivity contribution < 1.29 is 0 Å². The van der Waals surface area contributed by atoms with Gasteiger partial charge in [-0.2, -0.15) is 0 Å². The molecule has 1 unspecified atom stereocenters. The quantitative estimate of drug-likeness (QED) is 0.582. The van der Waals surface area contributed by atoms with Crippen molar-refractivity contribution in [2.45, 2.75) is 25.8 Å². The van der Waals surface area contributed by atoms with Crippen LogP contribution in [0.2, 0.25) is 0 Å². The summed E-state index contributed by atoms with van der Waals surface area (Å²) in [4.78, 5) is 2.64. The minimum absolute atomic E-state index is 0.0813. The summed E-state index contributed by atoms with van der Waals surface area (Å²) in [5.41, 5.74) is 8.38. The molecule has 1 atom stereocenters. The maximum absolute atomic E-state index is 5.95. The van der Waals surface area contributed by atoms with Gasteiger partial charge in [-0.05, 0) is 17.0 Å². The molecule has 0 heterocycles. The summed E-state index contributed by atoms with van der Waals surface area (Å²) in [5.74, 6) is 0.518. The largest absolute Gasteiger partial charge is 0.392 e. The number of hydrogen-bond acceptors (Lipinski definition) is 2. The van der Waals surface area contributed by atoms with Crippen LogP contribution in [0.5, 0.6) is 0 Å². The highest BCUT2D eigenvalue weighted by Gasteiger charge is 2.21. The first-order valence-electron chi connectivity index (χ1n) is 6.86. The molecule has 1 aromatic rings. The first-order valence-corrected chi connectivity index (χ1v) is 7.27. The Kier molecular flexibility index (Phi) is 6.62. The van der Waals surface area contributed by atoms with E-state index < -0.39 is 0 Å². The van der Waals surface area contributed by atoms with E-state index >= 15 is 0 Å². The normalized spacial score (nSPS) is 12.4. The van der Waals surface area contributed by atoms with Crippen LogP contribution in [0.4, 0.5) is 0 Å². The molecular formula is C17H24N2S. The Morgan fingerprint density at radius 2 is 1.60 bits per heavy atom. The fourth-order valence-corrected chi connectivity index (χ4v) is 2.52. The molecule has 0 aliphatic rings. The highest BCUT2D eigenvalue weighted by molar-refractivity contribution is 7.80. The Bertz CT molecular complexity index is 452. The summed E-state index contributed by atoms with van der Waals surface area (Å²) in [7, 11) is 0. The van der Waals surface area contributed by atoms with Crippen LogP contribution in [0.25, 0.3) is 0 Å². The Labute approximate surface area is 128 Å². The van der Waals surface area contributed by atoms with E-state index in [0.717, 1.165) is 18.7 Å². The van der Waals surface area contributed by atoms with Gasteiger partial charge in [-0.15, -0.1) is 13.2 Å². The smallest absolute Gasteiger partial charge is 0.0948 e. The van der Waals surface area contributed by atoms with E-state index in [1.165, 1.54) is 5.56 Å². The van der Waals surface area contributed by atoms with Crippen LogP contribution in [0.15, 0.2) is 49.6 Å². The fraction of sp³-hybridized carbons (Fsp3) is 0.353. The Hall–Kier alpha value is -1.45. The molecule has 1 aromatic carbocycles. The molecule has 0 fully saturated rings. The van der Waals surface area contributed by atoms with E-state index in [9.17, 15) is 0 Å². The molecule has 3 heteroatoms. The monoisotopic (exact) mass is 288 g/mol. The number of nitrogens with zero attached hydrogens (tertiary/aromatic N) is 1. The van der Waals surface area contributed by atoms with Crippen molar-refractivity contribution in [2.75, 3.05) is 13.1 Å². The second-order valence-electron chi connectivity index (χ2n) is 5.16. The number of rotatable bonds is 8. The van der Waals surface area contributed by atoms with E-state index in [1.807, 2.05) is 12.2 Å². The summed E-state index contributed by atoms with van der Waals surface area (Å²) in [6.07, 6.45) is 3.72. The summed E-state index contributed by atoms with van der Waals surface area (Å²) >= 11 is 5.26. The Balaban J connectivity index is 3.08. The number of nitrogens with two attached hydrogens (primary N) is 1. The van der Waals surface area contributed by atoms with Gasteiger partial charge >= 0.3 is 0 Å². The molecule has 2 N–H and O–H groups in total. The maximum atomic E-state index is 5.95. The predicted octanol–water partition coefficient (Wildman–Crippen LogP) is 3.81. The molecule has 0 saturated carbocycles. The van der Waals surface area contributed by atoms with E-state index in [0.29, 0.717) is 10.9 Å². The van der Waals surface area contributed by atoms with Crippen LogP contribution >= 0.6 is 12.2 Å². The zero-order valence-corrected chi connectivity index (χ0v) is 13.2. The van der Waals surface area contributed by atoms with Gasteiger partial charge < -0.3 is 5.73 Å². The van der Waals surface area contributed by atoms with Crippen molar-refractivity contribution in [3.05, 3.63) is 60.7 Å². The molecule has 0 aliphatic carbocycles. The molecule has 0 aliphatic heterocycles. The van der Waals surface area contributed by atoms with Gasteiger partial charge in [-0.3, -0.25) is 4.90 Å². The van der Waals surface area contributed by atoms with Crippen molar-refractivity contribution in [1.82, 2.24) is 4.90 Å². The topological polar surface area (TPSA) is 29.3 Å². The van der Waals surface area contributed by atoms with Gasteiger partial charge in [-0.1, -0.05) is 62.5 Å². The fourth-order valence-electron chi connectivity index (χ4n) is 2.24. The zero-order chi connectivity index (χ0) is 15.1. The van der Waals surface area contributed by atoms with Gasteiger partial charge in [0.2, 0.25) is 0 Å². The van der Waals surface area contributed by atoms with Crippen molar-refractivity contribution in [1.29, 1.82) is 0 Å². The first-order chi connectivity index (χ1) is 9.51. The van der Waals surface area contributed by atoms with Crippen molar-refractivity contribution in [3.8, 4) is 0 Å². The standard InChI is InChI=1S/C17H24N2S/c1-5-11-19(12-6-2)16(17(18)20)15-9-7-14(8-10-15)13(3)4/h5-10,13,16H,1-2,11-12H2,3-4H3,(H2,18,20). The minimum Gasteiger partial charge on any atom is -0.392 e. The van der Waals surface area contributed by atoms with Gasteiger partial charge in [-0.25, -0.2) is 0 Å². The van der Waals surface area contributed by atoms with Gasteiger partial charge in [0.15, 0.2) is 0 Å². The lowest BCUT2D eigenvalue weighted by Crippen LogP contribution is -2.37. The van der Waals surface area contributed by atoms with E-state index in [1.54, 1.807) is 0 Å². The number of hydrogen-bond donors (Lipinski definition) is 1. The van der Waals surface area contributed by atoms with E-state index in [4.69, 9.17) is 18.0 Å². The molecule has 0 saturated heterocycles. The first kappa shape index (κ1) is 16.6. The third-order valence-electron chi connectivity index (χ3n) is 3.28. The molecule has 0 radical (unpaired) electrons. The minimum atomic E-state index is -0.0813. The number of benzene rings is 1. The molecule has 0 aromatic heterocycles. The Morgan fingerprint density at radius 1 is 1.15 bits per heavy atom. The second kappa shape index (κ2) is 7.98. The molecular weight excluding hydrogens is 264 g/mol. The second-order valence-corrected chi connectivity index (χ2v) is 5.63. The molecule has 108 valence electrons. The van der Waals surface area contributed by atoms with Crippen molar-refractivity contribution in [2.24, 2.45) is 5.73 Å². The van der Waals surface area contributed by atoms with Crippen LogP contribution in [0.1, 0.15) is 36.9 Å². The van der Waals surface area contributed by atoms with Crippen LogP contribution in [-0.2, 0) is 0 Å². The van der Waals surface area contributed by atoms with Crippen LogP contribution in [0, 0.1) is 0 Å². The van der Waals surface area contributed by atoms with Crippen LogP contribution < -0.4 is 5.73 Å². The molecule has 1 rings (SSSR count). The van der Waals surface area contributed by atoms with Crippen molar-refractivity contribution in [3.63, 3.8) is 0 Å².